The van der Waals surface area contributed by atoms with E-state index in [1.165, 1.54) is 13.2 Å². The second-order valence-corrected chi connectivity index (χ2v) is 2.49. The van der Waals surface area contributed by atoms with Gasteiger partial charge < -0.3 is 15.2 Å². The van der Waals surface area contributed by atoms with Crippen LogP contribution in [0.5, 0.6) is 0 Å². The van der Waals surface area contributed by atoms with Crippen molar-refractivity contribution in [2.45, 2.75) is 19.1 Å². The summed E-state index contributed by atoms with van der Waals surface area (Å²) < 4.78 is 4.71. The Hall–Kier alpha value is -1.03. The van der Waals surface area contributed by atoms with E-state index in [1.54, 1.807) is 6.92 Å². The number of aliphatic hydroxyl groups excluding tert-OH is 1. The lowest BCUT2D eigenvalue weighted by atomic mass is 10.1. The number of rotatable bonds is 1. The van der Waals surface area contributed by atoms with Crippen molar-refractivity contribution in [2.24, 2.45) is 0 Å². The Bertz CT molecular complexity index is 200. The smallest absolute Gasteiger partial charge is 0.286 e. The van der Waals surface area contributed by atoms with E-state index >= 15 is 0 Å². The van der Waals surface area contributed by atoms with Crippen LogP contribution in [0, 0.1) is 0 Å². The number of carbonyl (C=O) groups is 1. The first-order valence-electron chi connectivity index (χ1n) is 3.40. The standard InChI is InChI=1S/C7H11NO3/c1-4-5(9)3-6(11-2)7(10)8-4/h3-5,9H,1-2H3,(H,8,10)/t4-,5+/m1/s1. The average molecular weight is 157 g/mol. The second kappa shape index (κ2) is 2.92. The van der Waals surface area contributed by atoms with Gasteiger partial charge in [-0.25, -0.2) is 0 Å². The fraction of sp³-hybridized carbons (Fsp3) is 0.571. The van der Waals surface area contributed by atoms with Crippen LogP contribution in [0.25, 0.3) is 0 Å². The molecule has 2 N–H and O–H groups in total. The molecule has 0 unspecified atom stereocenters. The summed E-state index contributed by atoms with van der Waals surface area (Å²) in [7, 11) is 1.40. The third kappa shape index (κ3) is 1.51. The molecule has 0 saturated heterocycles. The normalized spacial score (nSPS) is 30.8. The molecule has 1 aliphatic rings. The highest BCUT2D eigenvalue weighted by Gasteiger charge is 2.24. The van der Waals surface area contributed by atoms with Crippen molar-refractivity contribution in [3.63, 3.8) is 0 Å². The van der Waals surface area contributed by atoms with Crippen LogP contribution in [-0.4, -0.2) is 30.3 Å². The van der Waals surface area contributed by atoms with Gasteiger partial charge in [-0.3, -0.25) is 4.79 Å². The molecule has 0 radical (unpaired) electrons. The fourth-order valence-electron chi connectivity index (χ4n) is 0.899. The van der Waals surface area contributed by atoms with E-state index in [1.807, 2.05) is 0 Å². The molecule has 1 heterocycles. The summed E-state index contributed by atoms with van der Waals surface area (Å²) in [5, 5.41) is 11.8. The van der Waals surface area contributed by atoms with Gasteiger partial charge in [0.2, 0.25) is 0 Å². The molecule has 0 fully saturated rings. The highest BCUT2D eigenvalue weighted by Crippen LogP contribution is 2.08. The summed E-state index contributed by atoms with van der Waals surface area (Å²) in [6.07, 6.45) is 0.756. The number of hydrogen-bond donors (Lipinski definition) is 2. The van der Waals surface area contributed by atoms with Crippen LogP contribution in [-0.2, 0) is 9.53 Å². The highest BCUT2D eigenvalue weighted by molar-refractivity contribution is 5.92. The van der Waals surface area contributed by atoms with Gasteiger partial charge in [0.1, 0.15) is 0 Å². The summed E-state index contributed by atoms with van der Waals surface area (Å²) in [5.74, 6) is -0.0964. The van der Waals surface area contributed by atoms with E-state index in [0.29, 0.717) is 0 Å². The molecule has 4 heteroatoms. The Morgan fingerprint density at radius 2 is 2.36 bits per heavy atom. The fourth-order valence-corrected chi connectivity index (χ4v) is 0.899. The van der Waals surface area contributed by atoms with Gasteiger partial charge in [0.05, 0.1) is 19.3 Å². The predicted octanol–water partition coefficient (Wildman–Crippen LogP) is -0.604. The van der Waals surface area contributed by atoms with Gasteiger partial charge >= 0.3 is 0 Å². The van der Waals surface area contributed by atoms with E-state index in [4.69, 9.17) is 4.74 Å². The monoisotopic (exact) mass is 157 g/mol. The van der Waals surface area contributed by atoms with Gasteiger partial charge in [-0.1, -0.05) is 0 Å². The molecule has 1 amide bonds. The Balaban J connectivity index is 2.79. The molecule has 0 aromatic heterocycles. The molecule has 4 nitrogen and oxygen atoms in total. The lowest BCUT2D eigenvalue weighted by molar-refractivity contribution is -0.122. The summed E-state index contributed by atoms with van der Waals surface area (Å²) in [6.45, 7) is 1.73. The minimum atomic E-state index is -0.650. The summed E-state index contributed by atoms with van der Waals surface area (Å²) in [4.78, 5) is 11.0. The number of ether oxygens (including phenoxy) is 1. The maximum atomic E-state index is 11.0. The summed E-state index contributed by atoms with van der Waals surface area (Å²) >= 11 is 0. The lowest BCUT2D eigenvalue weighted by Crippen LogP contribution is -2.45. The van der Waals surface area contributed by atoms with E-state index in [9.17, 15) is 9.90 Å². The van der Waals surface area contributed by atoms with Crippen LogP contribution in [0.4, 0.5) is 0 Å². The first-order chi connectivity index (χ1) is 5.15. The third-order valence-electron chi connectivity index (χ3n) is 1.64. The van der Waals surface area contributed by atoms with Crippen molar-refractivity contribution in [1.29, 1.82) is 0 Å². The molecular weight excluding hydrogens is 146 g/mol. The maximum Gasteiger partial charge on any atom is 0.286 e. The molecule has 0 bridgehead atoms. The minimum Gasteiger partial charge on any atom is -0.491 e. The molecule has 1 rings (SSSR count). The van der Waals surface area contributed by atoms with Gasteiger partial charge in [-0.05, 0) is 13.0 Å². The summed E-state index contributed by atoms with van der Waals surface area (Å²) in [5.41, 5.74) is 0. The van der Waals surface area contributed by atoms with E-state index in [0.717, 1.165) is 0 Å². The number of nitrogens with one attached hydrogen (secondary N) is 1. The SMILES string of the molecule is COC1=C[C@H](O)[C@@H](C)NC1=O. The average Bonchev–Trinajstić information content (AvgIpc) is 1.97. The number of hydrogen-bond acceptors (Lipinski definition) is 3. The number of aliphatic hydroxyl groups is 1. The van der Waals surface area contributed by atoms with Gasteiger partial charge in [0, 0.05) is 0 Å². The van der Waals surface area contributed by atoms with Crippen molar-refractivity contribution in [1.82, 2.24) is 5.32 Å². The first-order valence-corrected chi connectivity index (χ1v) is 3.40. The third-order valence-corrected chi connectivity index (χ3v) is 1.64. The first kappa shape index (κ1) is 8.07. The van der Waals surface area contributed by atoms with Gasteiger partial charge in [-0.15, -0.1) is 0 Å². The number of methoxy groups -OCH3 is 1. The predicted molar refractivity (Wildman–Crippen MR) is 38.7 cm³/mol. The van der Waals surface area contributed by atoms with E-state index < -0.39 is 6.10 Å². The molecule has 0 aromatic rings. The molecule has 0 aliphatic carbocycles. The van der Waals surface area contributed by atoms with Crippen LogP contribution in [0.1, 0.15) is 6.92 Å². The molecule has 1 aliphatic heterocycles. The molecule has 0 saturated carbocycles. The highest BCUT2D eigenvalue weighted by atomic mass is 16.5. The molecule has 2 atom stereocenters. The van der Waals surface area contributed by atoms with Crippen molar-refractivity contribution in [3.8, 4) is 0 Å². The van der Waals surface area contributed by atoms with Crippen LogP contribution in [0.2, 0.25) is 0 Å². The van der Waals surface area contributed by atoms with Gasteiger partial charge in [0.15, 0.2) is 5.76 Å². The maximum absolute atomic E-state index is 11.0. The molecular formula is C7H11NO3. The quantitative estimate of drug-likeness (QED) is 0.534. The largest absolute Gasteiger partial charge is 0.491 e. The van der Waals surface area contributed by atoms with Crippen LogP contribution < -0.4 is 5.32 Å². The van der Waals surface area contributed by atoms with Gasteiger partial charge in [-0.2, -0.15) is 0 Å². The molecule has 0 aromatic carbocycles. The topological polar surface area (TPSA) is 58.6 Å². The molecule has 62 valence electrons. The van der Waals surface area contributed by atoms with E-state index in [-0.39, 0.29) is 17.7 Å². The van der Waals surface area contributed by atoms with Crippen molar-refractivity contribution < 1.29 is 14.6 Å². The Kier molecular flexibility index (Phi) is 2.14. The zero-order valence-electron chi connectivity index (χ0n) is 6.50. The van der Waals surface area contributed by atoms with Crippen molar-refractivity contribution in [3.05, 3.63) is 11.8 Å². The zero-order valence-corrected chi connectivity index (χ0v) is 6.50. The van der Waals surface area contributed by atoms with Crippen LogP contribution >= 0.6 is 0 Å². The number of carbonyl (C=O) groups excluding carboxylic acids is 1. The van der Waals surface area contributed by atoms with Crippen molar-refractivity contribution in [2.75, 3.05) is 7.11 Å². The Morgan fingerprint density at radius 3 is 2.91 bits per heavy atom. The number of amides is 1. The van der Waals surface area contributed by atoms with Crippen molar-refractivity contribution >= 4 is 5.91 Å². The van der Waals surface area contributed by atoms with Crippen LogP contribution in [0.3, 0.4) is 0 Å². The summed E-state index contributed by atoms with van der Waals surface area (Å²) in [6, 6.07) is -0.235. The second-order valence-electron chi connectivity index (χ2n) is 2.49. The Morgan fingerprint density at radius 1 is 1.73 bits per heavy atom. The van der Waals surface area contributed by atoms with E-state index in [2.05, 4.69) is 5.32 Å². The lowest BCUT2D eigenvalue weighted by Gasteiger charge is -2.23. The van der Waals surface area contributed by atoms with Crippen LogP contribution in [0.15, 0.2) is 11.8 Å². The minimum absolute atomic E-state index is 0.176. The zero-order chi connectivity index (χ0) is 8.43. The molecule has 0 spiro atoms. The van der Waals surface area contributed by atoms with Gasteiger partial charge in [0.25, 0.3) is 5.91 Å². The molecule has 11 heavy (non-hydrogen) atoms. The Labute approximate surface area is 64.9 Å².